The van der Waals surface area contributed by atoms with Gasteiger partial charge in [-0.1, -0.05) is 51.0 Å². The molecule has 2 N–H and O–H groups in total. The van der Waals surface area contributed by atoms with Crippen LogP contribution >= 0.6 is 0 Å². The van der Waals surface area contributed by atoms with Crippen molar-refractivity contribution in [1.82, 2.24) is 0 Å². The first-order valence-electron chi connectivity index (χ1n) is 7.53. The van der Waals surface area contributed by atoms with Gasteiger partial charge < -0.3 is 5.73 Å². The molecule has 0 amide bonds. The van der Waals surface area contributed by atoms with Crippen molar-refractivity contribution in [3.05, 3.63) is 35.4 Å². The summed E-state index contributed by atoms with van der Waals surface area (Å²) in [6.45, 7) is 5.46. The molecule has 3 unspecified atom stereocenters. The molecule has 0 saturated heterocycles. The molecule has 1 nitrogen and oxygen atoms in total. The molecule has 0 spiro atoms. The van der Waals surface area contributed by atoms with E-state index in [-0.39, 0.29) is 0 Å². The van der Waals surface area contributed by atoms with Crippen LogP contribution in [0.3, 0.4) is 0 Å². The standard InChI is InChI=1S/C17H27N/c1-3-4-14-6-9-15(10-7-14)17-11-13(2)5-8-16(17)12-18/h6-7,9-10,13,16-17H,3-5,8,11-12,18H2,1-2H3. The second kappa shape index (κ2) is 6.38. The molecule has 1 heteroatoms. The lowest BCUT2D eigenvalue weighted by molar-refractivity contribution is 0.253. The Bertz CT molecular complexity index is 354. The van der Waals surface area contributed by atoms with Crippen LogP contribution in [0.4, 0.5) is 0 Å². The van der Waals surface area contributed by atoms with Gasteiger partial charge in [0.1, 0.15) is 0 Å². The lowest BCUT2D eigenvalue weighted by Gasteiger charge is -2.34. The van der Waals surface area contributed by atoms with Crippen molar-refractivity contribution >= 4 is 0 Å². The van der Waals surface area contributed by atoms with E-state index in [1.807, 2.05) is 0 Å². The van der Waals surface area contributed by atoms with Gasteiger partial charge in [-0.3, -0.25) is 0 Å². The molecular weight excluding hydrogens is 218 g/mol. The van der Waals surface area contributed by atoms with Crippen LogP contribution in [-0.2, 0) is 6.42 Å². The Labute approximate surface area is 112 Å². The fourth-order valence-corrected chi connectivity index (χ4v) is 3.35. The van der Waals surface area contributed by atoms with E-state index in [1.54, 1.807) is 0 Å². The number of aryl methyl sites for hydroxylation is 1. The summed E-state index contributed by atoms with van der Waals surface area (Å²) in [5.41, 5.74) is 8.93. The van der Waals surface area contributed by atoms with Crippen molar-refractivity contribution in [3.8, 4) is 0 Å². The van der Waals surface area contributed by atoms with Crippen molar-refractivity contribution in [2.45, 2.75) is 51.9 Å². The van der Waals surface area contributed by atoms with Crippen molar-refractivity contribution in [1.29, 1.82) is 0 Å². The van der Waals surface area contributed by atoms with E-state index < -0.39 is 0 Å². The Morgan fingerprint density at radius 1 is 1.17 bits per heavy atom. The number of nitrogens with two attached hydrogens (primary N) is 1. The van der Waals surface area contributed by atoms with Crippen LogP contribution in [0, 0.1) is 11.8 Å². The Morgan fingerprint density at radius 2 is 1.89 bits per heavy atom. The summed E-state index contributed by atoms with van der Waals surface area (Å²) in [5, 5.41) is 0. The molecule has 0 aliphatic heterocycles. The summed E-state index contributed by atoms with van der Waals surface area (Å²) >= 11 is 0. The zero-order valence-electron chi connectivity index (χ0n) is 11.9. The summed E-state index contributed by atoms with van der Waals surface area (Å²) in [5.74, 6) is 2.24. The van der Waals surface area contributed by atoms with Crippen LogP contribution in [0.2, 0.25) is 0 Å². The number of hydrogen-bond acceptors (Lipinski definition) is 1. The number of rotatable bonds is 4. The third kappa shape index (κ3) is 3.14. The molecule has 0 radical (unpaired) electrons. The lowest BCUT2D eigenvalue weighted by Crippen LogP contribution is -2.28. The highest BCUT2D eigenvalue weighted by Gasteiger charge is 2.28. The SMILES string of the molecule is CCCc1ccc(C2CC(C)CCC2CN)cc1. The predicted octanol–water partition coefficient (Wildman–Crippen LogP) is 4.12. The highest BCUT2D eigenvalue weighted by atomic mass is 14.6. The van der Waals surface area contributed by atoms with E-state index in [0.29, 0.717) is 11.8 Å². The highest BCUT2D eigenvalue weighted by Crippen LogP contribution is 2.39. The van der Waals surface area contributed by atoms with Crippen molar-refractivity contribution in [2.75, 3.05) is 6.54 Å². The summed E-state index contributed by atoms with van der Waals surface area (Å²) in [6.07, 6.45) is 6.40. The Hall–Kier alpha value is -0.820. The Morgan fingerprint density at radius 3 is 2.50 bits per heavy atom. The zero-order chi connectivity index (χ0) is 13.0. The van der Waals surface area contributed by atoms with Gasteiger partial charge in [0.05, 0.1) is 0 Å². The second-order valence-corrected chi connectivity index (χ2v) is 6.01. The van der Waals surface area contributed by atoms with Gasteiger partial charge in [-0.15, -0.1) is 0 Å². The highest BCUT2D eigenvalue weighted by molar-refractivity contribution is 5.26. The molecule has 1 aromatic carbocycles. The molecule has 0 aromatic heterocycles. The van der Waals surface area contributed by atoms with Crippen molar-refractivity contribution in [2.24, 2.45) is 17.6 Å². The van der Waals surface area contributed by atoms with E-state index in [1.165, 1.54) is 43.2 Å². The van der Waals surface area contributed by atoms with Gasteiger partial charge in [-0.25, -0.2) is 0 Å². The first kappa shape index (κ1) is 13.6. The molecule has 18 heavy (non-hydrogen) atoms. The minimum Gasteiger partial charge on any atom is -0.330 e. The van der Waals surface area contributed by atoms with Crippen molar-refractivity contribution in [3.63, 3.8) is 0 Å². The second-order valence-electron chi connectivity index (χ2n) is 6.01. The number of hydrogen-bond donors (Lipinski definition) is 1. The van der Waals surface area contributed by atoms with Gasteiger partial charge in [0, 0.05) is 0 Å². The van der Waals surface area contributed by atoms with E-state index in [0.717, 1.165) is 12.5 Å². The maximum absolute atomic E-state index is 5.95. The van der Waals surface area contributed by atoms with Crippen LogP contribution in [0.15, 0.2) is 24.3 Å². The van der Waals surface area contributed by atoms with Crippen LogP contribution in [0.25, 0.3) is 0 Å². The van der Waals surface area contributed by atoms with Gasteiger partial charge in [-0.05, 0) is 54.7 Å². The molecule has 1 aliphatic carbocycles. The van der Waals surface area contributed by atoms with Crippen molar-refractivity contribution < 1.29 is 0 Å². The monoisotopic (exact) mass is 245 g/mol. The maximum Gasteiger partial charge on any atom is -0.00430 e. The molecular formula is C17H27N. The van der Waals surface area contributed by atoms with Gasteiger partial charge >= 0.3 is 0 Å². The predicted molar refractivity (Wildman–Crippen MR) is 78.7 cm³/mol. The van der Waals surface area contributed by atoms with Crippen LogP contribution in [0.5, 0.6) is 0 Å². The third-order valence-corrected chi connectivity index (χ3v) is 4.50. The first-order valence-corrected chi connectivity index (χ1v) is 7.53. The van der Waals surface area contributed by atoms with Gasteiger partial charge in [0.25, 0.3) is 0 Å². The summed E-state index contributed by atoms with van der Waals surface area (Å²) in [7, 11) is 0. The van der Waals surface area contributed by atoms with Gasteiger partial charge in [0.15, 0.2) is 0 Å². The molecule has 0 heterocycles. The quantitative estimate of drug-likeness (QED) is 0.848. The van der Waals surface area contributed by atoms with Crippen LogP contribution < -0.4 is 5.73 Å². The zero-order valence-corrected chi connectivity index (χ0v) is 11.9. The van der Waals surface area contributed by atoms with E-state index in [9.17, 15) is 0 Å². The molecule has 1 aliphatic rings. The Kier molecular flexibility index (Phi) is 4.82. The smallest absolute Gasteiger partial charge is 0.00430 e. The largest absolute Gasteiger partial charge is 0.330 e. The molecule has 1 aromatic rings. The average molecular weight is 245 g/mol. The summed E-state index contributed by atoms with van der Waals surface area (Å²) in [6, 6.07) is 9.31. The van der Waals surface area contributed by atoms with E-state index in [4.69, 9.17) is 5.73 Å². The fourth-order valence-electron chi connectivity index (χ4n) is 3.35. The molecule has 100 valence electrons. The van der Waals surface area contributed by atoms with Crippen LogP contribution in [0.1, 0.15) is 56.6 Å². The summed E-state index contributed by atoms with van der Waals surface area (Å²) in [4.78, 5) is 0. The Balaban J connectivity index is 2.12. The molecule has 3 atom stereocenters. The van der Waals surface area contributed by atoms with E-state index in [2.05, 4.69) is 38.1 Å². The molecule has 0 bridgehead atoms. The fraction of sp³-hybridized carbons (Fsp3) is 0.647. The average Bonchev–Trinajstić information content (AvgIpc) is 2.40. The molecule has 2 rings (SSSR count). The minimum atomic E-state index is 0.689. The topological polar surface area (TPSA) is 26.0 Å². The lowest BCUT2D eigenvalue weighted by atomic mass is 9.71. The van der Waals surface area contributed by atoms with Crippen LogP contribution in [-0.4, -0.2) is 6.54 Å². The molecule has 1 saturated carbocycles. The van der Waals surface area contributed by atoms with E-state index >= 15 is 0 Å². The normalized spacial score (nSPS) is 28.3. The summed E-state index contributed by atoms with van der Waals surface area (Å²) < 4.78 is 0. The molecule has 1 fully saturated rings. The maximum atomic E-state index is 5.95. The third-order valence-electron chi connectivity index (χ3n) is 4.50. The van der Waals surface area contributed by atoms with Gasteiger partial charge in [0.2, 0.25) is 0 Å². The van der Waals surface area contributed by atoms with Gasteiger partial charge in [-0.2, -0.15) is 0 Å². The number of benzene rings is 1. The first-order chi connectivity index (χ1) is 8.74. The minimum absolute atomic E-state index is 0.689.